The maximum absolute atomic E-state index is 13.6. The number of likely N-dealkylation sites (tertiary alicyclic amines) is 1. The van der Waals surface area contributed by atoms with Crippen LogP contribution in [0, 0.1) is 12.8 Å². The smallest absolute Gasteiger partial charge is 0.262 e. The number of fused-ring (bicyclic) bond motifs is 1. The Morgan fingerprint density at radius 2 is 1.77 bits per heavy atom. The average molecular weight is 526 g/mol. The minimum absolute atomic E-state index is 0.0639. The van der Waals surface area contributed by atoms with E-state index in [0.29, 0.717) is 37.0 Å². The van der Waals surface area contributed by atoms with E-state index in [2.05, 4.69) is 22.4 Å². The van der Waals surface area contributed by atoms with Gasteiger partial charge in [0.15, 0.2) is 5.65 Å². The van der Waals surface area contributed by atoms with E-state index in [-0.39, 0.29) is 29.8 Å². The zero-order chi connectivity index (χ0) is 27.0. The van der Waals surface area contributed by atoms with E-state index in [4.69, 9.17) is 0 Å². The summed E-state index contributed by atoms with van der Waals surface area (Å²) in [6.07, 6.45) is 3.20. The zero-order valence-electron chi connectivity index (χ0n) is 22.3. The molecule has 2 aliphatic rings. The molecule has 0 spiro atoms. The minimum atomic E-state index is -1.07. The quantitative estimate of drug-likeness (QED) is 0.417. The third kappa shape index (κ3) is 4.90. The third-order valence-electron chi connectivity index (χ3n) is 8.48. The highest BCUT2D eigenvalue weighted by atomic mass is 16.3. The van der Waals surface area contributed by atoms with E-state index < -0.39 is 5.60 Å². The molecule has 0 radical (unpaired) electrons. The molecule has 202 valence electrons. The first kappa shape index (κ1) is 25.5. The first-order valence-electron chi connectivity index (χ1n) is 13.8. The Morgan fingerprint density at radius 1 is 1.08 bits per heavy atom. The number of carbonyl (C=O) groups is 1. The summed E-state index contributed by atoms with van der Waals surface area (Å²) < 4.78 is 3.50. The van der Waals surface area contributed by atoms with Crippen molar-refractivity contribution in [1.82, 2.24) is 24.3 Å². The molecule has 39 heavy (non-hydrogen) atoms. The summed E-state index contributed by atoms with van der Waals surface area (Å²) in [7, 11) is 0. The van der Waals surface area contributed by atoms with Gasteiger partial charge in [0.05, 0.1) is 17.5 Å². The van der Waals surface area contributed by atoms with Crippen LogP contribution in [0.1, 0.15) is 36.4 Å². The monoisotopic (exact) mass is 525 g/mol. The van der Waals surface area contributed by atoms with Crippen molar-refractivity contribution in [3.8, 4) is 5.69 Å². The lowest BCUT2D eigenvalue weighted by Crippen LogP contribution is -2.52. The summed E-state index contributed by atoms with van der Waals surface area (Å²) in [6.45, 7) is 4.71. The second-order valence-electron chi connectivity index (χ2n) is 11.0. The van der Waals surface area contributed by atoms with Crippen molar-refractivity contribution in [1.29, 1.82) is 0 Å². The Kier molecular flexibility index (Phi) is 6.83. The number of nitrogens with one attached hydrogen (secondary N) is 1. The number of nitrogens with zero attached hydrogens (tertiary/aromatic N) is 4. The van der Waals surface area contributed by atoms with Gasteiger partial charge < -0.3 is 15.3 Å². The van der Waals surface area contributed by atoms with Gasteiger partial charge in [-0.15, -0.1) is 0 Å². The van der Waals surface area contributed by atoms with Crippen LogP contribution in [0.15, 0.2) is 77.9 Å². The van der Waals surface area contributed by atoms with Gasteiger partial charge in [-0.05, 0) is 56.5 Å². The summed E-state index contributed by atoms with van der Waals surface area (Å²) in [6, 6.07) is 22.0. The number of aliphatic hydroxyl groups is 1. The van der Waals surface area contributed by atoms with E-state index in [9.17, 15) is 14.7 Å². The summed E-state index contributed by atoms with van der Waals surface area (Å²) in [5.41, 5.74) is 2.45. The molecule has 4 heterocycles. The molecule has 0 unspecified atom stereocenters. The summed E-state index contributed by atoms with van der Waals surface area (Å²) in [5.74, 6) is 0.257. The average Bonchev–Trinajstić information content (AvgIpc) is 3.32. The predicted octanol–water partition coefficient (Wildman–Crippen LogP) is 3.24. The van der Waals surface area contributed by atoms with Crippen LogP contribution >= 0.6 is 0 Å². The molecular weight excluding hydrogens is 490 g/mol. The molecule has 2 aromatic carbocycles. The van der Waals surface area contributed by atoms with E-state index in [0.717, 1.165) is 30.9 Å². The normalized spacial score (nSPS) is 21.2. The molecule has 2 aromatic heterocycles. The van der Waals surface area contributed by atoms with Gasteiger partial charge in [-0.1, -0.05) is 48.5 Å². The maximum atomic E-state index is 13.6. The maximum Gasteiger partial charge on any atom is 0.262 e. The minimum Gasteiger partial charge on any atom is -0.388 e. The number of piperidine rings is 2. The Morgan fingerprint density at radius 3 is 2.49 bits per heavy atom. The largest absolute Gasteiger partial charge is 0.388 e. The Balaban J connectivity index is 1.16. The summed E-state index contributed by atoms with van der Waals surface area (Å²) >= 11 is 0. The molecule has 6 rings (SSSR count). The molecule has 2 atom stereocenters. The molecule has 1 amide bonds. The molecule has 2 fully saturated rings. The first-order chi connectivity index (χ1) is 18.9. The number of aryl methyl sites for hydroxylation is 1. The van der Waals surface area contributed by atoms with Gasteiger partial charge in [0.25, 0.3) is 5.56 Å². The standard InChI is InChI=1S/C31H35N5O3/c1-22-18-26-28(36(22)24-10-6-3-7-11-24)33-21-35(30(26)38)20-31(39)13-16-34(17-14-31)29(37)25-12-15-32-19-27(25)23-8-4-2-5-9-23/h2-11,18,21,25,27,32,39H,12-17,19-20H2,1H3/t25-,27+/m1/s1. The van der Waals surface area contributed by atoms with Crippen LogP contribution in [0.25, 0.3) is 16.7 Å². The van der Waals surface area contributed by atoms with Gasteiger partial charge in [0.2, 0.25) is 5.91 Å². The van der Waals surface area contributed by atoms with Crippen molar-refractivity contribution in [2.45, 2.75) is 44.2 Å². The van der Waals surface area contributed by atoms with Crippen molar-refractivity contribution in [3.05, 3.63) is 94.7 Å². The van der Waals surface area contributed by atoms with Crippen molar-refractivity contribution in [2.75, 3.05) is 26.2 Å². The second kappa shape index (κ2) is 10.4. The Labute approximate surface area is 227 Å². The van der Waals surface area contributed by atoms with Gasteiger partial charge in [0.1, 0.15) is 6.33 Å². The molecular formula is C31H35N5O3. The Hall–Kier alpha value is -3.75. The molecule has 8 heteroatoms. The Bertz CT molecular complexity index is 1520. The summed E-state index contributed by atoms with van der Waals surface area (Å²) in [4.78, 5) is 33.6. The van der Waals surface area contributed by atoms with Crippen molar-refractivity contribution in [3.63, 3.8) is 0 Å². The lowest BCUT2D eigenvalue weighted by molar-refractivity contribution is -0.141. The molecule has 2 aliphatic heterocycles. The van der Waals surface area contributed by atoms with E-state index in [1.807, 2.05) is 71.0 Å². The fourth-order valence-corrected chi connectivity index (χ4v) is 6.31. The highest BCUT2D eigenvalue weighted by Crippen LogP contribution is 2.33. The SMILES string of the molecule is Cc1cc2c(=O)n(CC3(O)CCN(C(=O)[C@@H]4CCNC[C@H]4c4ccccc4)CC3)cnc2n1-c1ccccc1. The predicted molar refractivity (Wildman–Crippen MR) is 151 cm³/mol. The van der Waals surface area contributed by atoms with Gasteiger partial charge in [-0.2, -0.15) is 0 Å². The molecule has 2 N–H and O–H groups in total. The van der Waals surface area contributed by atoms with Crippen LogP contribution in [-0.4, -0.2) is 61.8 Å². The van der Waals surface area contributed by atoms with E-state index >= 15 is 0 Å². The van der Waals surface area contributed by atoms with Gasteiger partial charge in [-0.25, -0.2) is 4.98 Å². The topological polar surface area (TPSA) is 92.4 Å². The third-order valence-corrected chi connectivity index (χ3v) is 8.48. The van der Waals surface area contributed by atoms with Crippen LogP contribution in [-0.2, 0) is 11.3 Å². The molecule has 0 saturated carbocycles. The number of benzene rings is 2. The van der Waals surface area contributed by atoms with Gasteiger partial charge in [-0.3, -0.25) is 18.7 Å². The number of hydrogen-bond donors (Lipinski definition) is 2. The molecule has 4 aromatic rings. The first-order valence-corrected chi connectivity index (χ1v) is 13.8. The molecule has 2 saturated heterocycles. The molecule has 0 aliphatic carbocycles. The highest BCUT2D eigenvalue weighted by molar-refractivity contribution is 5.80. The van der Waals surface area contributed by atoms with Crippen molar-refractivity contribution < 1.29 is 9.90 Å². The van der Waals surface area contributed by atoms with Crippen LogP contribution in [0.3, 0.4) is 0 Å². The van der Waals surface area contributed by atoms with Gasteiger partial charge in [0, 0.05) is 42.9 Å². The van der Waals surface area contributed by atoms with Crippen molar-refractivity contribution in [2.24, 2.45) is 5.92 Å². The zero-order valence-corrected chi connectivity index (χ0v) is 22.3. The fourth-order valence-electron chi connectivity index (χ4n) is 6.31. The highest BCUT2D eigenvalue weighted by Gasteiger charge is 2.39. The lowest BCUT2D eigenvalue weighted by Gasteiger charge is -2.41. The molecule has 8 nitrogen and oxygen atoms in total. The van der Waals surface area contributed by atoms with E-state index in [1.54, 1.807) is 6.33 Å². The van der Waals surface area contributed by atoms with Crippen molar-refractivity contribution >= 4 is 16.9 Å². The second-order valence-corrected chi connectivity index (χ2v) is 11.0. The number of hydrogen-bond acceptors (Lipinski definition) is 5. The van der Waals surface area contributed by atoms with Crippen LogP contribution in [0.2, 0.25) is 0 Å². The summed E-state index contributed by atoms with van der Waals surface area (Å²) in [5, 5.41) is 15.4. The lowest BCUT2D eigenvalue weighted by atomic mass is 9.80. The van der Waals surface area contributed by atoms with Gasteiger partial charge >= 0.3 is 0 Å². The number of rotatable bonds is 5. The van der Waals surface area contributed by atoms with Crippen LogP contribution < -0.4 is 10.9 Å². The number of carbonyl (C=O) groups excluding carboxylic acids is 1. The van der Waals surface area contributed by atoms with Crippen LogP contribution in [0.5, 0.6) is 0 Å². The van der Waals surface area contributed by atoms with E-state index in [1.165, 1.54) is 10.1 Å². The number of para-hydroxylation sites is 1. The fraction of sp³-hybridized carbons (Fsp3) is 0.387. The molecule has 0 bridgehead atoms. The number of amides is 1. The van der Waals surface area contributed by atoms with Crippen LogP contribution in [0.4, 0.5) is 0 Å². The number of aromatic nitrogens is 3.